The predicted molar refractivity (Wildman–Crippen MR) is 81.9 cm³/mol. The molecule has 0 aliphatic carbocycles. The Labute approximate surface area is 145 Å². The van der Waals surface area contributed by atoms with Gasteiger partial charge in [0.15, 0.2) is 5.82 Å². The molecule has 11 heteroatoms. The smallest absolute Gasteiger partial charge is 0.374 e. The van der Waals surface area contributed by atoms with Crippen LogP contribution in [0.3, 0.4) is 0 Å². The molecular weight excluding hydrogens is 348 g/mol. The van der Waals surface area contributed by atoms with Crippen molar-refractivity contribution in [1.29, 1.82) is 0 Å². The van der Waals surface area contributed by atoms with Crippen LogP contribution in [0, 0.1) is 11.9 Å². The van der Waals surface area contributed by atoms with E-state index in [0.29, 0.717) is 0 Å². The van der Waals surface area contributed by atoms with Gasteiger partial charge in [-0.25, -0.2) is 34.7 Å². The second-order valence-corrected chi connectivity index (χ2v) is 5.67. The minimum Gasteiger partial charge on any atom is -0.475 e. The molecule has 3 aromatic heterocycles. The Hall–Kier alpha value is -3.50. The van der Waals surface area contributed by atoms with Gasteiger partial charge in [-0.15, -0.1) is 0 Å². The van der Waals surface area contributed by atoms with Crippen molar-refractivity contribution in [2.24, 2.45) is 0 Å². The van der Waals surface area contributed by atoms with Gasteiger partial charge < -0.3 is 5.11 Å². The summed E-state index contributed by atoms with van der Waals surface area (Å²) in [4.78, 5) is 37.7. The van der Waals surface area contributed by atoms with Gasteiger partial charge in [0.1, 0.15) is 24.3 Å². The van der Waals surface area contributed by atoms with Crippen molar-refractivity contribution in [2.45, 2.75) is 19.3 Å². The van der Waals surface area contributed by atoms with Gasteiger partial charge in [-0.05, 0) is 26.0 Å². The van der Waals surface area contributed by atoms with Crippen LogP contribution in [0.4, 0.5) is 8.78 Å². The second kappa shape index (κ2) is 6.43. The molecule has 9 nitrogen and oxygen atoms in total. The molecule has 0 amide bonds. The SMILES string of the molecule is CC(C)(c1ncnc(C(=O)O)n1)c1ncnc(-c2ccc(F)nc2F)n1. The fourth-order valence-corrected chi connectivity index (χ4v) is 2.11. The van der Waals surface area contributed by atoms with E-state index in [-0.39, 0.29) is 23.0 Å². The molecule has 1 N–H and O–H groups in total. The van der Waals surface area contributed by atoms with Crippen molar-refractivity contribution in [1.82, 2.24) is 34.9 Å². The maximum absolute atomic E-state index is 13.9. The van der Waals surface area contributed by atoms with Gasteiger partial charge in [0, 0.05) is 0 Å². The molecule has 3 heterocycles. The first-order chi connectivity index (χ1) is 12.3. The molecule has 0 saturated carbocycles. The fourth-order valence-electron chi connectivity index (χ4n) is 2.11. The van der Waals surface area contributed by atoms with E-state index in [0.717, 1.165) is 24.8 Å². The van der Waals surface area contributed by atoms with Gasteiger partial charge in [0.05, 0.1) is 11.0 Å². The van der Waals surface area contributed by atoms with Crippen LogP contribution < -0.4 is 0 Å². The molecule has 132 valence electrons. The highest BCUT2D eigenvalue weighted by Crippen LogP contribution is 2.27. The molecule has 0 aromatic carbocycles. The zero-order valence-electron chi connectivity index (χ0n) is 13.6. The average Bonchev–Trinajstić information content (AvgIpc) is 2.62. The summed E-state index contributed by atoms with van der Waals surface area (Å²) in [6.45, 7) is 3.32. The van der Waals surface area contributed by atoms with E-state index in [1.807, 2.05) is 0 Å². The maximum Gasteiger partial charge on any atom is 0.374 e. The molecule has 3 aromatic rings. The topological polar surface area (TPSA) is 128 Å². The molecular formula is C15H11F2N7O2. The molecule has 0 radical (unpaired) electrons. The number of hydrogen-bond donors (Lipinski definition) is 1. The van der Waals surface area contributed by atoms with Gasteiger partial charge >= 0.3 is 5.97 Å². The molecule has 0 aliphatic rings. The van der Waals surface area contributed by atoms with E-state index in [1.54, 1.807) is 13.8 Å². The average molecular weight is 359 g/mol. The summed E-state index contributed by atoms with van der Waals surface area (Å²) in [6.07, 6.45) is 2.22. The van der Waals surface area contributed by atoms with Gasteiger partial charge in [-0.2, -0.15) is 13.8 Å². The Kier molecular flexibility index (Phi) is 4.28. The molecule has 0 fully saturated rings. The summed E-state index contributed by atoms with van der Waals surface area (Å²) in [5.74, 6) is -3.54. The van der Waals surface area contributed by atoms with Crippen LogP contribution in [-0.4, -0.2) is 46.0 Å². The van der Waals surface area contributed by atoms with Crippen molar-refractivity contribution in [3.63, 3.8) is 0 Å². The number of carbonyl (C=O) groups is 1. The Morgan fingerprint density at radius 3 is 2.27 bits per heavy atom. The summed E-state index contributed by atoms with van der Waals surface area (Å²) < 4.78 is 26.9. The first kappa shape index (κ1) is 17.3. The molecule has 0 spiro atoms. The van der Waals surface area contributed by atoms with E-state index < -0.39 is 29.1 Å². The number of carboxylic acids is 1. The van der Waals surface area contributed by atoms with Crippen molar-refractivity contribution >= 4 is 5.97 Å². The third-order valence-corrected chi connectivity index (χ3v) is 3.51. The van der Waals surface area contributed by atoms with E-state index in [2.05, 4.69) is 34.9 Å². The zero-order chi connectivity index (χ0) is 18.9. The van der Waals surface area contributed by atoms with Crippen LogP contribution in [0.2, 0.25) is 0 Å². The quantitative estimate of drug-likeness (QED) is 0.688. The Bertz CT molecular complexity index is 997. The number of halogens is 2. The largest absolute Gasteiger partial charge is 0.475 e. The summed E-state index contributed by atoms with van der Waals surface area (Å²) in [7, 11) is 0. The van der Waals surface area contributed by atoms with Crippen molar-refractivity contribution < 1.29 is 18.7 Å². The molecule has 0 atom stereocenters. The summed E-state index contributed by atoms with van der Waals surface area (Å²) >= 11 is 0. The molecule has 26 heavy (non-hydrogen) atoms. The summed E-state index contributed by atoms with van der Waals surface area (Å²) in [6, 6.07) is 2.15. The Morgan fingerprint density at radius 2 is 1.62 bits per heavy atom. The van der Waals surface area contributed by atoms with Crippen molar-refractivity contribution in [2.75, 3.05) is 0 Å². The minimum absolute atomic E-state index is 0.0550. The molecule has 0 aliphatic heterocycles. The van der Waals surface area contributed by atoms with Gasteiger partial charge in [-0.1, -0.05) is 0 Å². The number of nitrogens with zero attached hydrogens (tertiary/aromatic N) is 7. The molecule has 0 unspecified atom stereocenters. The molecule has 0 bridgehead atoms. The van der Waals surface area contributed by atoms with E-state index in [1.165, 1.54) is 0 Å². The fraction of sp³-hybridized carbons (Fsp3) is 0.200. The monoisotopic (exact) mass is 359 g/mol. The van der Waals surface area contributed by atoms with Crippen LogP contribution in [0.15, 0.2) is 24.8 Å². The van der Waals surface area contributed by atoms with Gasteiger partial charge in [0.2, 0.25) is 17.7 Å². The number of pyridine rings is 1. The number of aromatic carboxylic acids is 1. The lowest BCUT2D eigenvalue weighted by molar-refractivity contribution is 0.0682. The van der Waals surface area contributed by atoms with Crippen LogP contribution in [0.5, 0.6) is 0 Å². The summed E-state index contributed by atoms with van der Waals surface area (Å²) in [5, 5.41) is 9.02. The zero-order valence-corrected chi connectivity index (χ0v) is 13.6. The highest BCUT2D eigenvalue weighted by Gasteiger charge is 2.31. The standard InChI is InChI=1S/C15H11F2N7O2/c1-15(2,14-21-6-19-11(24-14)12(25)26)13-20-5-18-10(23-13)7-3-4-8(16)22-9(7)17/h3-6H,1-2H3,(H,25,26). The lowest BCUT2D eigenvalue weighted by Crippen LogP contribution is -2.27. The normalized spacial score (nSPS) is 11.4. The number of carboxylic acid groups (broad SMARTS) is 1. The van der Waals surface area contributed by atoms with Crippen LogP contribution >= 0.6 is 0 Å². The predicted octanol–water partition coefficient (Wildman–Crippen LogP) is 1.42. The van der Waals surface area contributed by atoms with E-state index >= 15 is 0 Å². The van der Waals surface area contributed by atoms with E-state index in [9.17, 15) is 13.6 Å². The number of hydrogen-bond acceptors (Lipinski definition) is 8. The lowest BCUT2D eigenvalue weighted by atomic mass is 9.91. The first-order valence-electron chi connectivity index (χ1n) is 7.24. The van der Waals surface area contributed by atoms with E-state index in [4.69, 9.17) is 5.11 Å². The molecule has 0 saturated heterocycles. The third kappa shape index (κ3) is 3.18. The number of aromatic nitrogens is 7. The van der Waals surface area contributed by atoms with Gasteiger partial charge in [-0.3, -0.25) is 0 Å². The first-order valence-corrected chi connectivity index (χ1v) is 7.24. The minimum atomic E-state index is -1.31. The van der Waals surface area contributed by atoms with Crippen LogP contribution in [0.25, 0.3) is 11.4 Å². The van der Waals surface area contributed by atoms with Crippen LogP contribution in [-0.2, 0) is 5.41 Å². The van der Waals surface area contributed by atoms with Gasteiger partial charge in [0.25, 0.3) is 0 Å². The van der Waals surface area contributed by atoms with Crippen molar-refractivity contribution in [3.05, 3.63) is 54.2 Å². The maximum atomic E-state index is 13.9. The Morgan fingerprint density at radius 1 is 0.962 bits per heavy atom. The summed E-state index contributed by atoms with van der Waals surface area (Å²) in [5.41, 5.74) is -1.14. The Balaban J connectivity index is 2.06. The van der Waals surface area contributed by atoms with Crippen LogP contribution in [0.1, 0.15) is 36.1 Å². The third-order valence-electron chi connectivity index (χ3n) is 3.51. The number of rotatable bonds is 4. The molecule has 3 rings (SSSR count). The highest BCUT2D eigenvalue weighted by molar-refractivity contribution is 5.82. The lowest BCUT2D eigenvalue weighted by Gasteiger charge is -2.21. The highest BCUT2D eigenvalue weighted by atomic mass is 19.1. The van der Waals surface area contributed by atoms with Crippen molar-refractivity contribution in [3.8, 4) is 11.4 Å². The second-order valence-electron chi connectivity index (χ2n) is 5.67.